The summed E-state index contributed by atoms with van der Waals surface area (Å²) in [6.45, 7) is 4.24. The molecule has 19 heavy (non-hydrogen) atoms. The smallest absolute Gasteiger partial charge is 0.312 e. The lowest BCUT2D eigenvalue weighted by molar-refractivity contribution is -0.137. The van der Waals surface area contributed by atoms with Crippen molar-refractivity contribution in [2.75, 3.05) is 12.8 Å². The van der Waals surface area contributed by atoms with E-state index in [4.69, 9.17) is 0 Å². The first-order chi connectivity index (χ1) is 8.88. The zero-order valence-electron chi connectivity index (χ0n) is 11.4. The molecule has 0 heterocycles. The van der Waals surface area contributed by atoms with Crippen LogP contribution in [-0.4, -0.2) is 18.1 Å². The monoisotopic (exact) mass is 291 g/mol. The van der Waals surface area contributed by atoms with Crippen LogP contribution in [0.15, 0.2) is 24.3 Å². The standard InChI is InChI=1S/C14H20F3NS/c1-4-10(2)19-9-13(18-3)11-6-5-7-12(8-11)14(15,16)17/h5-8,10,13,18H,4,9H2,1-3H3. The van der Waals surface area contributed by atoms with Crippen LogP contribution in [0, 0.1) is 0 Å². The first-order valence-corrected chi connectivity index (χ1v) is 7.39. The van der Waals surface area contributed by atoms with Gasteiger partial charge in [-0.1, -0.05) is 26.0 Å². The number of hydrogen-bond acceptors (Lipinski definition) is 2. The van der Waals surface area contributed by atoms with Crippen LogP contribution in [0.2, 0.25) is 0 Å². The van der Waals surface area contributed by atoms with Gasteiger partial charge in [-0.05, 0) is 31.2 Å². The highest BCUT2D eigenvalue weighted by Gasteiger charge is 2.30. The fourth-order valence-electron chi connectivity index (χ4n) is 1.66. The van der Waals surface area contributed by atoms with Crippen molar-refractivity contribution in [2.45, 2.75) is 37.7 Å². The van der Waals surface area contributed by atoms with Crippen LogP contribution in [0.25, 0.3) is 0 Å². The van der Waals surface area contributed by atoms with Crippen molar-refractivity contribution in [1.82, 2.24) is 5.32 Å². The van der Waals surface area contributed by atoms with Gasteiger partial charge in [-0.25, -0.2) is 0 Å². The maximum Gasteiger partial charge on any atom is 0.416 e. The molecule has 0 fully saturated rings. The zero-order chi connectivity index (χ0) is 14.5. The third kappa shape index (κ3) is 5.07. The van der Waals surface area contributed by atoms with Gasteiger partial charge in [0.25, 0.3) is 0 Å². The third-order valence-electron chi connectivity index (χ3n) is 3.09. The van der Waals surface area contributed by atoms with E-state index in [1.54, 1.807) is 24.9 Å². The lowest BCUT2D eigenvalue weighted by Crippen LogP contribution is -2.20. The van der Waals surface area contributed by atoms with Gasteiger partial charge < -0.3 is 5.32 Å². The van der Waals surface area contributed by atoms with E-state index in [1.165, 1.54) is 12.1 Å². The van der Waals surface area contributed by atoms with Gasteiger partial charge in [-0.15, -0.1) is 0 Å². The second-order valence-electron chi connectivity index (χ2n) is 4.52. The Bertz CT molecular complexity index is 393. The Hall–Kier alpha value is -0.680. The third-order valence-corrected chi connectivity index (χ3v) is 4.52. The minimum atomic E-state index is -4.28. The number of rotatable bonds is 6. The first kappa shape index (κ1) is 16.4. The Morgan fingerprint density at radius 2 is 2.00 bits per heavy atom. The molecule has 1 aromatic carbocycles. The summed E-state index contributed by atoms with van der Waals surface area (Å²) in [5.74, 6) is 0.771. The Kier molecular flexibility index (Phi) is 6.20. The van der Waals surface area contributed by atoms with E-state index in [2.05, 4.69) is 19.2 Å². The molecular weight excluding hydrogens is 271 g/mol. The normalized spacial score (nSPS) is 15.3. The molecule has 0 aromatic heterocycles. The predicted octanol–water partition coefficient (Wildman–Crippen LogP) is 4.50. The second-order valence-corrected chi connectivity index (χ2v) is 5.99. The van der Waals surface area contributed by atoms with E-state index in [9.17, 15) is 13.2 Å². The number of thioether (sulfide) groups is 1. The molecule has 2 unspecified atom stereocenters. The highest BCUT2D eigenvalue weighted by atomic mass is 32.2. The molecule has 5 heteroatoms. The van der Waals surface area contributed by atoms with Gasteiger partial charge in [-0.2, -0.15) is 24.9 Å². The van der Waals surface area contributed by atoms with Crippen molar-refractivity contribution in [3.05, 3.63) is 35.4 Å². The summed E-state index contributed by atoms with van der Waals surface area (Å²) >= 11 is 1.77. The molecule has 0 radical (unpaired) electrons. The van der Waals surface area contributed by atoms with Crippen LogP contribution >= 0.6 is 11.8 Å². The number of halogens is 3. The average molecular weight is 291 g/mol. The summed E-state index contributed by atoms with van der Waals surface area (Å²) in [6.07, 6.45) is -3.22. The van der Waals surface area contributed by atoms with E-state index in [-0.39, 0.29) is 6.04 Å². The molecule has 0 bridgehead atoms. The Balaban J connectivity index is 2.81. The molecule has 108 valence electrons. The van der Waals surface area contributed by atoms with E-state index in [1.807, 2.05) is 0 Å². The number of hydrogen-bond donors (Lipinski definition) is 1. The quantitative estimate of drug-likeness (QED) is 0.828. The Morgan fingerprint density at radius 3 is 2.53 bits per heavy atom. The van der Waals surface area contributed by atoms with Gasteiger partial charge in [0.15, 0.2) is 0 Å². The summed E-state index contributed by atoms with van der Waals surface area (Å²) in [6, 6.07) is 5.50. The lowest BCUT2D eigenvalue weighted by atomic mass is 10.1. The topological polar surface area (TPSA) is 12.0 Å². The largest absolute Gasteiger partial charge is 0.416 e. The fraction of sp³-hybridized carbons (Fsp3) is 0.571. The van der Waals surface area contributed by atoms with Crippen LogP contribution in [0.5, 0.6) is 0 Å². The molecule has 0 aliphatic carbocycles. The molecule has 1 N–H and O–H groups in total. The zero-order valence-corrected chi connectivity index (χ0v) is 12.2. The van der Waals surface area contributed by atoms with Gasteiger partial charge >= 0.3 is 6.18 Å². The lowest BCUT2D eigenvalue weighted by Gasteiger charge is -2.19. The Labute approximate surface area is 117 Å². The van der Waals surface area contributed by atoms with Crippen LogP contribution in [-0.2, 0) is 6.18 Å². The first-order valence-electron chi connectivity index (χ1n) is 6.34. The van der Waals surface area contributed by atoms with Crippen molar-refractivity contribution < 1.29 is 13.2 Å². The second kappa shape index (κ2) is 7.20. The van der Waals surface area contributed by atoms with Crippen molar-refractivity contribution in [3.8, 4) is 0 Å². The van der Waals surface area contributed by atoms with Gasteiger partial charge in [-0.3, -0.25) is 0 Å². The van der Waals surface area contributed by atoms with E-state index >= 15 is 0 Å². The van der Waals surface area contributed by atoms with E-state index < -0.39 is 11.7 Å². The van der Waals surface area contributed by atoms with Crippen LogP contribution < -0.4 is 5.32 Å². The molecule has 0 saturated carbocycles. The van der Waals surface area contributed by atoms with Crippen molar-refractivity contribution in [3.63, 3.8) is 0 Å². The van der Waals surface area contributed by atoms with Crippen LogP contribution in [0.4, 0.5) is 13.2 Å². The average Bonchev–Trinajstić information content (AvgIpc) is 2.38. The van der Waals surface area contributed by atoms with Gasteiger partial charge in [0.1, 0.15) is 0 Å². The maximum atomic E-state index is 12.7. The summed E-state index contributed by atoms with van der Waals surface area (Å²) < 4.78 is 38.0. The molecule has 0 aliphatic heterocycles. The predicted molar refractivity (Wildman–Crippen MR) is 75.5 cm³/mol. The highest BCUT2D eigenvalue weighted by Crippen LogP contribution is 2.31. The minimum absolute atomic E-state index is 0.0544. The summed E-state index contributed by atoms with van der Waals surface area (Å²) in [7, 11) is 1.78. The maximum absolute atomic E-state index is 12.7. The number of alkyl halides is 3. The summed E-state index contributed by atoms with van der Waals surface area (Å²) in [5.41, 5.74) is 0.104. The van der Waals surface area contributed by atoms with Crippen molar-refractivity contribution in [1.29, 1.82) is 0 Å². The molecule has 0 aliphatic rings. The minimum Gasteiger partial charge on any atom is -0.312 e. The van der Waals surface area contributed by atoms with Gasteiger partial charge in [0.2, 0.25) is 0 Å². The number of benzene rings is 1. The SMILES string of the molecule is CCC(C)SCC(NC)c1cccc(C(F)(F)F)c1. The van der Waals surface area contributed by atoms with E-state index in [0.29, 0.717) is 10.8 Å². The van der Waals surface area contributed by atoms with Crippen LogP contribution in [0.3, 0.4) is 0 Å². The molecular formula is C14H20F3NS. The highest BCUT2D eigenvalue weighted by molar-refractivity contribution is 7.99. The van der Waals surface area contributed by atoms with Crippen LogP contribution in [0.1, 0.15) is 37.4 Å². The Morgan fingerprint density at radius 1 is 1.32 bits per heavy atom. The molecule has 0 amide bonds. The van der Waals surface area contributed by atoms with E-state index in [0.717, 1.165) is 18.2 Å². The van der Waals surface area contributed by atoms with Gasteiger partial charge in [0.05, 0.1) is 5.56 Å². The molecule has 1 rings (SSSR count). The number of nitrogens with one attached hydrogen (secondary N) is 1. The molecule has 2 atom stereocenters. The summed E-state index contributed by atoms with van der Waals surface area (Å²) in [5, 5.41) is 3.60. The molecule has 0 saturated heterocycles. The van der Waals surface area contributed by atoms with Crippen molar-refractivity contribution >= 4 is 11.8 Å². The van der Waals surface area contributed by atoms with Crippen molar-refractivity contribution in [2.24, 2.45) is 0 Å². The molecule has 1 nitrogen and oxygen atoms in total. The molecule has 1 aromatic rings. The molecule has 0 spiro atoms. The van der Waals surface area contributed by atoms with Gasteiger partial charge in [0, 0.05) is 17.0 Å². The summed E-state index contributed by atoms with van der Waals surface area (Å²) in [4.78, 5) is 0. The fourth-order valence-corrected chi connectivity index (χ4v) is 2.77.